The number of nitrogens with zero attached hydrogens (tertiary/aromatic N) is 1. The maximum Gasteiger partial charge on any atom is 0.251 e. The van der Waals surface area contributed by atoms with Crippen molar-refractivity contribution in [2.75, 3.05) is 29.0 Å². The van der Waals surface area contributed by atoms with Crippen LogP contribution in [0.1, 0.15) is 28.4 Å². The number of hydrogen-bond donors (Lipinski definition) is 5. The largest absolute Gasteiger partial charge is 0.385 e. The number of carbonyl (C=O) groups excluding carboxylic acids is 2. The molecule has 0 radical (unpaired) electrons. The number of amidine groups is 1. The minimum atomic E-state index is -0.486. The van der Waals surface area contributed by atoms with Gasteiger partial charge in [-0.05, 0) is 36.8 Å². The first kappa shape index (κ1) is 23.4. The lowest BCUT2D eigenvalue weighted by Gasteiger charge is -2.21. The van der Waals surface area contributed by atoms with E-state index >= 15 is 0 Å². The van der Waals surface area contributed by atoms with Gasteiger partial charge in [-0.15, -0.1) is 0 Å². The van der Waals surface area contributed by atoms with Crippen LogP contribution in [-0.4, -0.2) is 37.0 Å². The Balaban J connectivity index is 2.20. The van der Waals surface area contributed by atoms with Crippen LogP contribution in [0.25, 0.3) is 0 Å². The molecule has 30 heavy (non-hydrogen) atoms. The molecule has 10 heteroatoms. The predicted molar refractivity (Wildman–Crippen MR) is 124 cm³/mol. The molecule has 0 spiro atoms. The number of anilines is 2. The number of benzene rings is 2. The third-order valence-electron chi connectivity index (χ3n) is 4.18. The van der Waals surface area contributed by atoms with Crippen LogP contribution in [0.15, 0.2) is 36.4 Å². The molecule has 2 rings (SSSR count). The third kappa shape index (κ3) is 6.30. The van der Waals surface area contributed by atoms with Crippen molar-refractivity contribution in [1.29, 1.82) is 5.41 Å². The molecule has 0 heterocycles. The van der Waals surface area contributed by atoms with E-state index in [2.05, 4.69) is 10.6 Å². The fraction of sp³-hybridized carbons (Fsp3) is 0.250. The molecule has 0 aromatic heterocycles. The van der Waals surface area contributed by atoms with Crippen molar-refractivity contribution in [3.63, 3.8) is 0 Å². The second-order valence-electron chi connectivity index (χ2n) is 6.38. The van der Waals surface area contributed by atoms with Gasteiger partial charge in [0, 0.05) is 46.9 Å². The van der Waals surface area contributed by atoms with E-state index < -0.39 is 5.91 Å². The maximum absolute atomic E-state index is 12.7. The smallest absolute Gasteiger partial charge is 0.251 e. The summed E-state index contributed by atoms with van der Waals surface area (Å²) < 4.78 is 1.66. The van der Waals surface area contributed by atoms with E-state index in [1.165, 1.54) is 11.9 Å². The van der Waals surface area contributed by atoms with Crippen molar-refractivity contribution in [3.05, 3.63) is 58.1 Å². The summed E-state index contributed by atoms with van der Waals surface area (Å²) in [7, 11) is 0. The van der Waals surface area contributed by atoms with E-state index in [1.54, 1.807) is 40.9 Å². The highest BCUT2D eigenvalue weighted by atomic mass is 35.5. The fourth-order valence-corrected chi connectivity index (χ4v) is 3.58. The van der Waals surface area contributed by atoms with Crippen LogP contribution in [0.4, 0.5) is 11.4 Å². The van der Waals surface area contributed by atoms with Crippen molar-refractivity contribution in [2.45, 2.75) is 13.5 Å². The fourth-order valence-electron chi connectivity index (χ4n) is 2.78. The molecule has 0 fully saturated rings. The number of rotatable bonds is 10. The molecule has 0 bridgehead atoms. The molecule has 2 amide bonds. The topological polar surface area (TPSA) is 137 Å². The SMILES string of the molecule is CCNc1cc(C(=N)N)ccc1CNC(=O)c1cc(Cl)cc(N(CC(N)=O)SC)c1. The van der Waals surface area contributed by atoms with Crippen molar-refractivity contribution < 1.29 is 9.59 Å². The lowest BCUT2D eigenvalue weighted by molar-refractivity contribution is -0.116. The average molecular weight is 449 g/mol. The molecule has 0 aliphatic heterocycles. The van der Waals surface area contributed by atoms with Crippen LogP contribution in [0.5, 0.6) is 0 Å². The van der Waals surface area contributed by atoms with Crippen molar-refractivity contribution in [3.8, 4) is 0 Å². The van der Waals surface area contributed by atoms with Crippen LogP contribution >= 0.6 is 23.5 Å². The summed E-state index contributed by atoms with van der Waals surface area (Å²) in [6.07, 6.45) is 1.80. The lowest BCUT2D eigenvalue weighted by atomic mass is 10.1. The highest BCUT2D eigenvalue weighted by molar-refractivity contribution is 8.00. The second kappa shape index (κ2) is 10.7. The molecule has 7 N–H and O–H groups in total. The highest BCUT2D eigenvalue weighted by Gasteiger charge is 2.14. The minimum absolute atomic E-state index is 0.00286. The van der Waals surface area contributed by atoms with Crippen LogP contribution in [0.3, 0.4) is 0 Å². The van der Waals surface area contributed by atoms with Gasteiger partial charge in [0.15, 0.2) is 0 Å². The number of nitrogen functional groups attached to an aromatic ring is 1. The van der Waals surface area contributed by atoms with Gasteiger partial charge in [-0.1, -0.05) is 35.7 Å². The van der Waals surface area contributed by atoms with Gasteiger partial charge in [0.05, 0.1) is 0 Å². The number of amides is 2. The van der Waals surface area contributed by atoms with Crippen LogP contribution in [-0.2, 0) is 11.3 Å². The van der Waals surface area contributed by atoms with E-state index in [-0.39, 0.29) is 24.8 Å². The summed E-state index contributed by atoms with van der Waals surface area (Å²) in [5.74, 6) is -0.817. The Bertz CT molecular complexity index is 953. The van der Waals surface area contributed by atoms with Crippen LogP contribution < -0.4 is 26.4 Å². The van der Waals surface area contributed by atoms with Crippen molar-refractivity contribution >= 4 is 52.6 Å². The van der Waals surface area contributed by atoms with E-state index in [0.29, 0.717) is 28.4 Å². The second-order valence-corrected chi connectivity index (χ2v) is 7.62. The Morgan fingerprint density at radius 1 is 1.17 bits per heavy atom. The van der Waals surface area contributed by atoms with Gasteiger partial charge in [-0.2, -0.15) is 0 Å². The van der Waals surface area contributed by atoms with Gasteiger partial charge < -0.3 is 26.4 Å². The molecular weight excluding hydrogens is 424 g/mol. The van der Waals surface area contributed by atoms with Crippen LogP contribution in [0.2, 0.25) is 5.02 Å². The first-order valence-corrected chi connectivity index (χ1v) is 10.7. The van der Waals surface area contributed by atoms with Crippen LogP contribution in [0, 0.1) is 5.41 Å². The number of halogens is 1. The molecule has 0 saturated carbocycles. The lowest BCUT2D eigenvalue weighted by Crippen LogP contribution is -2.29. The Morgan fingerprint density at radius 2 is 1.90 bits per heavy atom. The van der Waals surface area contributed by atoms with Crippen molar-refractivity contribution in [2.24, 2.45) is 11.5 Å². The first-order chi connectivity index (χ1) is 14.2. The van der Waals surface area contributed by atoms with Gasteiger partial charge in [-0.3, -0.25) is 15.0 Å². The summed E-state index contributed by atoms with van der Waals surface area (Å²) >= 11 is 7.50. The average Bonchev–Trinajstić information content (AvgIpc) is 2.70. The zero-order chi connectivity index (χ0) is 22.3. The molecule has 8 nitrogen and oxygen atoms in total. The summed E-state index contributed by atoms with van der Waals surface area (Å²) in [6.45, 7) is 2.91. The quantitative estimate of drug-likeness (QED) is 0.215. The molecular formula is C20H25ClN6O2S. The number of carbonyl (C=O) groups is 2. The van der Waals surface area contributed by atoms with Gasteiger partial charge in [0.1, 0.15) is 12.4 Å². The molecule has 160 valence electrons. The van der Waals surface area contributed by atoms with E-state index in [9.17, 15) is 9.59 Å². The summed E-state index contributed by atoms with van der Waals surface area (Å²) in [4.78, 5) is 24.0. The van der Waals surface area contributed by atoms with Gasteiger partial charge in [0.2, 0.25) is 5.91 Å². The molecule has 0 saturated heterocycles. The van der Waals surface area contributed by atoms with Gasteiger partial charge in [-0.25, -0.2) is 0 Å². The number of hydrogen-bond acceptors (Lipinski definition) is 6. The Morgan fingerprint density at radius 3 is 2.50 bits per heavy atom. The number of nitrogens with two attached hydrogens (primary N) is 2. The molecule has 0 unspecified atom stereocenters. The summed E-state index contributed by atoms with van der Waals surface area (Å²) in [6, 6.07) is 10.2. The van der Waals surface area contributed by atoms with Gasteiger partial charge >= 0.3 is 0 Å². The zero-order valence-electron chi connectivity index (χ0n) is 16.8. The van der Waals surface area contributed by atoms with Gasteiger partial charge in [0.25, 0.3) is 5.91 Å². The van der Waals surface area contributed by atoms with E-state index in [1.807, 2.05) is 13.0 Å². The molecule has 0 atom stereocenters. The Hall–Kier alpha value is -2.91. The van der Waals surface area contributed by atoms with E-state index in [4.69, 9.17) is 28.5 Å². The molecule has 0 aliphatic carbocycles. The minimum Gasteiger partial charge on any atom is -0.385 e. The Labute approximate surface area is 185 Å². The summed E-state index contributed by atoms with van der Waals surface area (Å²) in [5, 5.41) is 14.1. The standard InChI is InChI=1S/C20H25ClN6O2S/c1-3-25-17-8-12(19(23)24)4-5-13(17)10-26-20(29)14-6-15(21)9-16(7-14)27(30-2)11-18(22)28/h4-9,25H,3,10-11H2,1-2H3,(H2,22,28)(H3,23,24)(H,26,29). The van der Waals surface area contributed by atoms with Crippen molar-refractivity contribution in [1.82, 2.24) is 5.32 Å². The van der Waals surface area contributed by atoms with E-state index in [0.717, 1.165) is 11.3 Å². The normalized spacial score (nSPS) is 10.4. The Kier molecular flexibility index (Phi) is 8.37. The number of nitrogens with one attached hydrogen (secondary N) is 3. The number of primary amides is 1. The highest BCUT2D eigenvalue weighted by Crippen LogP contribution is 2.26. The first-order valence-electron chi connectivity index (χ1n) is 9.15. The third-order valence-corrected chi connectivity index (χ3v) is 5.18. The summed E-state index contributed by atoms with van der Waals surface area (Å²) in [5.41, 5.74) is 14.1. The molecule has 2 aromatic rings. The predicted octanol–water partition coefficient (Wildman–Crippen LogP) is 2.56. The molecule has 0 aliphatic rings. The zero-order valence-corrected chi connectivity index (χ0v) is 18.4. The monoisotopic (exact) mass is 448 g/mol. The maximum atomic E-state index is 12.7. The molecule has 2 aromatic carbocycles.